The molecule has 0 unspecified atom stereocenters. The summed E-state index contributed by atoms with van der Waals surface area (Å²) < 4.78 is 1.64. The Morgan fingerprint density at radius 3 is 2.90 bits per heavy atom. The van der Waals surface area contributed by atoms with Crippen LogP contribution in [0.3, 0.4) is 0 Å². The molecule has 1 aromatic carbocycles. The number of rotatable bonds is 3. The molecule has 2 heterocycles. The van der Waals surface area contributed by atoms with Gasteiger partial charge in [0.25, 0.3) is 0 Å². The monoisotopic (exact) mass is 289 g/mol. The quantitative estimate of drug-likeness (QED) is 0.848. The molecule has 1 aliphatic heterocycles. The fraction of sp³-hybridized carbons (Fsp3) is 0.467. The number of carbonyl (C=O) groups excluding carboxylic acids is 1. The van der Waals surface area contributed by atoms with Gasteiger partial charge in [-0.25, -0.2) is 0 Å². The highest BCUT2D eigenvalue weighted by molar-refractivity contribution is 5.80. The molecule has 0 spiro atoms. The Balaban J connectivity index is 1.66. The van der Waals surface area contributed by atoms with Crippen molar-refractivity contribution >= 4 is 16.8 Å². The van der Waals surface area contributed by atoms with Gasteiger partial charge >= 0.3 is 0 Å². The zero-order chi connectivity index (χ0) is 14.8. The molecular weight excluding hydrogens is 270 g/mol. The Hall–Kier alpha value is -1.92. The molecule has 2 aromatic rings. The average molecular weight is 289 g/mol. The van der Waals surface area contributed by atoms with Crippen molar-refractivity contribution in [2.75, 3.05) is 19.7 Å². The molecule has 1 amide bonds. The molecule has 3 rings (SSSR count). The van der Waals surface area contributed by atoms with Gasteiger partial charge in [-0.1, -0.05) is 18.2 Å². The SMILES string of the molecule is O=C(Cn1cc2ccccc2n1)N1CC[C@H](CO)[C@H](O)C1. The summed E-state index contributed by atoms with van der Waals surface area (Å²) in [5, 5.41) is 24.4. The van der Waals surface area contributed by atoms with E-state index in [2.05, 4.69) is 5.10 Å². The number of aliphatic hydroxyl groups is 2. The van der Waals surface area contributed by atoms with Gasteiger partial charge in [0.05, 0.1) is 11.6 Å². The van der Waals surface area contributed by atoms with Crippen LogP contribution in [0, 0.1) is 5.92 Å². The van der Waals surface area contributed by atoms with Gasteiger partial charge in [0, 0.05) is 37.2 Å². The lowest BCUT2D eigenvalue weighted by atomic mass is 9.95. The minimum absolute atomic E-state index is 0.0340. The number of β-amino-alcohol motifs (C(OH)–C–C–N with tert-alkyl or cyclic N) is 1. The maximum absolute atomic E-state index is 12.3. The minimum Gasteiger partial charge on any atom is -0.396 e. The maximum Gasteiger partial charge on any atom is 0.244 e. The molecule has 2 atom stereocenters. The normalized spacial score (nSPS) is 22.7. The number of aromatic nitrogens is 2. The minimum atomic E-state index is -0.649. The van der Waals surface area contributed by atoms with Crippen LogP contribution in [0.15, 0.2) is 30.5 Å². The number of aliphatic hydroxyl groups excluding tert-OH is 2. The number of piperidine rings is 1. The molecule has 112 valence electrons. The van der Waals surface area contributed by atoms with Crippen molar-refractivity contribution in [2.45, 2.75) is 19.1 Å². The number of amides is 1. The van der Waals surface area contributed by atoms with Crippen LogP contribution in [-0.4, -0.2) is 56.6 Å². The van der Waals surface area contributed by atoms with Gasteiger partial charge in [-0.2, -0.15) is 5.10 Å². The van der Waals surface area contributed by atoms with E-state index in [-0.39, 0.29) is 31.5 Å². The van der Waals surface area contributed by atoms with Gasteiger partial charge in [-0.15, -0.1) is 0 Å². The number of nitrogens with zero attached hydrogens (tertiary/aromatic N) is 3. The van der Waals surface area contributed by atoms with Crippen molar-refractivity contribution < 1.29 is 15.0 Å². The highest BCUT2D eigenvalue weighted by atomic mass is 16.3. The lowest BCUT2D eigenvalue weighted by Gasteiger charge is -2.35. The summed E-state index contributed by atoms with van der Waals surface area (Å²) in [6.07, 6.45) is 1.83. The van der Waals surface area contributed by atoms with Crippen molar-refractivity contribution in [3.05, 3.63) is 30.5 Å². The summed E-state index contributed by atoms with van der Waals surface area (Å²) in [7, 11) is 0. The van der Waals surface area contributed by atoms with Crippen molar-refractivity contribution in [1.82, 2.24) is 14.7 Å². The largest absolute Gasteiger partial charge is 0.396 e. The molecule has 0 saturated carbocycles. The van der Waals surface area contributed by atoms with Gasteiger partial charge in [0.15, 0.2) is 0 Å². The van der Waals surface area contributed by atoms with E-state index in [0.29, 0.717) is 13.0 Å². The van der Waals surface area contributed by atoms with E-state index in [1.54, 1.807) is 9.58 Å². The summed E-state index contributed by atoms with van der Waals surface area (Å²) in [5.41, 5.74) is 0.865. The molecular formula is C15H19N3O3. The first kappa shape index (κ1) is 14.0. The summed E-state index contributed by atoms with van der Waals surface area (Å²) >= 11 is 0. The van der Waals surface area contributed by atoms with Crippen LogP contribution in [0.2, 0.25) is 0 Å². The van der Waals surface area contributed by atoms with E-state index < -0.39 is 6.10 Å². The predicted octanol–water partition coefficient (Wildman–Crippen LogP) is 0.238. The Labute approximate surface area is 122 Å². The van der Waals surface area contributed by atoms with Crippen LogP contribution in [0.4, 0.5) is 0 Å². The number of benzene rings is 1. The fourth-order valence-corrected chi connectivity index (χ4v) is 2.75. The second-order valence-electron chi connectivity index (χ2n) is 5.52. The Morgan fingerprint density at radius 2 is 2.19 bits per heavy atom. The van der Waals surface area contributed by atoms with E-state index in [1.165, 1.54) is 0 Å². The zero-order valence-corrected chi connectivity index (χ0v) is 11.7. The number of hydrogen-bond donors (Lipinski definition) is 2. The third kappa shape index (κ3) is 2.91. The number of fused-ring (bicyclic) bond motifs is 1. The number of likely N-dealkylation sites (tertiary alicyclic amines) is 1. The maximum atomic E-state index is 12.3. The van der Waals surface area contributed by atoms with E-state index in [1.807, 2.05) is 30.5 Å². The summed E-state index contributed by atoms with van der Waals surface area (Å²) in [5.74, 6) is -0.181. The molecule has 6 nitrogen and oxygen atoms in total. The summed E-state index contributed by atoms with van der Waals surface area (Å²) in [6, 6.07) is 7.72. The highest BCUT2D eigenvalue weighted by Gasteiger charge is 2.29. The second kappa shape index (κ2) is 5.83. The fourth-order valence-electron chi connectivity index (χ4n) is 2.75. The van der Waals surface area contributed by atoms with Gasteiger partial charge in [0.1, 0.15) is 6.54 Å². The first-order valence-corrected chi connectivity index (χ1v) is 7.16. The highest BCUT2D eigenvalue weighted by Crippen LogP contribution is 2.18. The second-order valence-corrected chi connectivity index (χ2v) is 5.52. The molecule has 6 heteroatoms. The molecule has 0 bridgehead atoms. The predicted molar refractivity (Wildman–Crippen MR) is 77.5 cm³/mol. The molecule has 0 radical (unpaired) electrons. The first-order chi connectivity index (χ1) is 10.2. The molecule has 1 fully saturated rings. The van der Waals surface area contributed by atoms with Crippen molar-refractivity contribution in [2.24, 2.45) is 5.92 Å². The zero-order valence-electron chi connectivity index (χ0n) is 11.7. The third-order valence-corrected chi connectivity index (χ3v) is 4.07. The van der Waals surface area contributed by atoms with Crippen molar-refractivity contribution in [1.29, 1.82) is 0 Å². The van der Waals surface area contributed by atoms with E-state index >= 15 is 0 Å². The van der Waals surface area contributed by atoms with Gasteiger partial charge in [-0.05, 0) is 12.5 Å². The average Bonchev–Trinajstić information content (AvgIpc) is 2.89. The van der Waals surface area contributed by atoms with Crippen LogP contribution in [0.25, 0.3) is 10.9 Å². The lowest BCUT2D eigenvalue weighted by Crippen LogP contribution is -2.48. The molecule has 1 aliphatic rings. The van der Waals surface area contributed by atoms with E-state index in [0.717, 1.165) is 10.9 Å². The lowest BCUT2D eigenvalue weighted by molar-refractivity contribution is -0.137. The molecule has 1 saturated heterocycles. The van der Waals surface area contributed by atoms with Crippen molar-refractivity contribution in [3.8, 4) is 0 Å². The molecule has 2 N–H and O–H groups in total. The standard InChI is InChI=1S/C15H19N3O3/c19-10-12-5-6-17(8-14(12)20)15(21)9-18-7-11-3-1-2-4-13(11)16-18/h1-4,7,12,14,19-20H,5-6,8-10H2/t12-,14-/m1/s1. The van der Waals surface area contributed by atoms with Gasteiger partial charge in [-0.3, -0.25) is 9.48 Å². The summed E-state index contributed by atoms with van der Waals surface area (Å²) in [4.78, 5) is 13.9. The van der Waals surface area contributed by atoms with Crippen LogP contribution < -0.4 is 0 Å². The molecule has 21 heavy (non-hydrogen) atoms. The molecule has 0 aliphatic carbocycles. The smallest absolute Gasteiger partial charge is 0.244 e. The van der Waals surface area contributed by atoms with E-state index in [4.69, 9.17) is 5.11 Å². The topological polar surface area (TPSA) is 78.6 Å². The van der Waals surface area contributed by atoms with Crippen LogP contribution in [-0.2, 0) is 11.3 Å². The molecule has 1 aromatic heterocycles. The Kier molecular flexibility index (Phi) is 3.90. The summed E-state index contributed by atoms with van der Waals surface area (Å²) in [6.45, 7) is 0.992. The Bertz CT molecular complexity index is 607. The van der Waals surface area contributed by atoms with Crippen LogP contribution >= 0.6 is 0 Å². The number of hydrogen-bond acceptors (Lipinski definition) is 4. The first-order valence-electron chi connectivity index (χ1n) is 7.16. The Morgan fingerprint density at radius 1 is 1.38 bits per heavy atom. The van der Waals surface area contributed by atoms with E-state index in [9.17, 15) is 9.90 Å². The van der Waals surface area contributed by atoms with Crippen LogP contribution in [0.1, 0.15) is 6.42 Å². The number of carbonyl (C=O) groups is 1. The van der Waals surface area contributed by atoms with Crippen LogP contribution in [0.5, 0.6) is 0 Å². The third-order valence-electron chi connectivity index (χ3n) is 4.07. The van der Waals surface area contributed by atoms with Gasteiger partial charge in [0.2, 0.25) is 5.91 Å². The van der Waals surface area contributed by atoms with Gasteiger partial charge < -0.3 is 15.1 Å². The van der Waals surface area contributed by atoms with Crippen molar-refractivity contribution in [3.63, 3.8) is 0 Å².